The lowest BCUT2D eigenvalue weighted by atomic mass is 10.3. The number of ether oxygens (including phenoxy) is 1. The molecule has 0 saturated carbocycles. The van der Waals surface area contributed by atoms with Gasteiger partial charge in [-0.25, -0.2) is 4.79 Å². The van der Waals surface area contributed by atoms with E-state index in [0.29, 0.717) is 6.61 Å². The molecule has 0 atom stereocenters. The highest BCUT2D eigenvalue weighted by atomic mass is 16.5. The van der Waals surface area contributed by atoms with Gasteiger partial charge < -0.3 is 4.74 Å². The molecule has 0 aromatic heterocycles. The molecule has 0 rings (SSSR count). The van der Waals surface area contributed by atoms with E-state index in [0.717, 1.165) is 6.08 Å². The number of isocyanates is 1. The molecule has 0 aliphatic carbocycles. The third-order valence-electron chi connectivity index (χ3n) is 0.911. The Bertz CT molecular complexity index is 214. The highest BCUT2D eigenvalue weighted by molar-refractivity contribution is 5.95. The molecule has 4 heteroatoms. The molecule has 0 radical (unpaired) electrons. The fourth-order valence-electron chi connectivity index (χ4n) is 0.388. The maximum Gasteiger partial charge on any atom is 0.286 e. The van der Waals surface area contributed by atoms with Gasteiger partial charge in [0.15, 0.2) is 0 Å². The van der Waals surface area contributed by atoms with Crippen LogP contribution in [0, 0.1) is 0 Å². The zero-order chi connectivity index (χ0) is 8.69. The Hall–Kier alpha value is -1.41. The summed E-state index contributed by atoms with van der Waals surface area (Å²) in [5.74, 6) is -0.617. The van der Waals surface area contributed by atoms with Crippen molar-refractivity contribution in [3.63, 3.8) is 0 Å². The summed E-state index contributed by atoms with van der Waals surface area (Å²) in [4.78, 5) is 23.2. The van der Waals surface area contributed by atoms with Crippen molar-refractivity contribution in [1.82, 2.24) is 0 Å². The third kappa shape index (κ3) is 4.06. The highest BCUT2D eigenvalue weighted by Crippen LogP contribution is 1.95. The molecular weight excluding hydrogens is 146 g/mol. The van der Waals surface area contributed by atoms with Crippen LogP contribution in [0.1, 0.15) is 13.8 Å². The highest BCUT2D eigenvalue weighted by Gasteiger charge is 2.00. The number of carbonyl (C=O) groups is 1. The lowest BCUT2D eigenvalue weighted by Gasteiger charge is -1.94. The summed E-state index contributed by atoms with van der Waals surface area (Å²) < 4.78 is 4.79. The summed E-state index contributed by atoms with van der Waals surface area (Å²) in [5.41, 5.74) is 0.287. The Labute approximate surface area is 64.6 Å². The number of rotatable bonds is 3. The van der Waals surface area contributed by atoms with Gasteiger partial charge in [-0.1, -0.05) is 0 Å². The van der Waals surface area contributed by atoms with E-state index < -0.39 is 5.91 Å². The zero-order valence-electron chi connectivity index (χ0n) is 6.46. The Morgan fingerprint density at radius 1 is 1.73 bits per heavy atom. The first-order valence-electron chi connectivity index (χ1n) is 3.13. The van der Waals surface area contributed by atoms with E-state index in [-0.39, 0.29) is 5.57 Å². The predicted molar refractivity (Wildman–Crippen MR) is 38.5 cm³/mol. The zero-order valence-corrected chi connectivity index (χ0v) is 6.46. The molecule has 0 saturated heterocycles. The first-order chi connectivity index (χ1) is 5.22. The van der Waals surface area contributed by atoms with Crippen LogP contribution in [0.5, 0.6) is 0 Å². The molecule has 0 unspecified atom stereocenters. The van der Waals surface area contributed by atoms with Gasteiger partial charge in [0.25, 0.3) is 5.91 Å². The Kier molecular flexibility index (Phi) is 4.69. The van der Waals surface area contributed by atoms with Gasteiger partial charge in [-0.3, -0.25) is 4.79 Å². The van der Waals surface area contributed by atoms with E-state index in [1.165, 1.54) is 13.2 Å². The van der Waals surface area contributed by atoms with Crippen molar-refractivity contribution >= 4 is 12.0 Å². The average molecular weight is 155 g/mol. The summed E-state index contributed by atoms with van der Waals surface area (Å²) >= 11 is 0. The van der Waals surface area contributed by atoms with Gasteiger partial charge in [0.1, 0.15) is 0 Å². The molecule has 60 valence electrons. The molecule has 0 aliphatic heterocycles. The molecule has 0 aromatic rings. The lowest BCUT2D eigenvalue weighted by molar-refractivity contribution is -0.114. The molecule has 0 bridgehead atoms. The van der Waals surface area contributed by atoms with Gasteiger partial charge in [0.05, 0.1) is 18.4 Å². The Morgan fingerprint density at radius 3 is 2.82 bits per heavy atom. The molecule has 1 amide bonds. The normalized spacial score (nSPS) is 10.2. The second kappa shape index (κ2) is 5.38. The smallest absolute Gasteiger partial charge is 0.286 e. The van der Waals surface area contributed by atoms with Gasteiger partial charge >= 0.3 is 0 Å². The van der Waals surface area contributed by atoms with Gasteiger partial charge in [0, 0.05) is 0 Å². The fraction of sp³-hybridized carbons (Fsp3) is 0.429. The van der Waals surface area contributed by atoms with Crippen molar-refractivity contribution < 1.29 is 14.3 Å². The number of carbonyl (C=O) groups excluding carboxylic acids is 2. The number of hydrogen-bond donors (Lipinski definition) is 0. The lowest BCUT2D eigenvalue weighted by Crippen LogP contribution is -1.95. The standard InChI is InChI=1S/C7H9NO3/c1-3-11-4-6(2)7(10)8-5-9/h4H,3H2,1-2H3/b6-4+. The van der Waals surface area contributed by atoms with Crippen molar-refractivity contribution in [2.24, 2.45) is 4.99 Å². The Balaban J connectivity index is 4.11. The molecule has 0 heterocycles. The second-order valence-electron chi connectivity index (χ2n) is 1.76. The predicted octanol–water partition coefficient (Wildman–Crippen LogP) is 0.789. The maximum atomic E-state index is 10.7. The number of hydrogen-bond acceptors (Lipinski definition) is 3. The summed E-state index contributed by atoms with van der Waals surface area (Å²) in [5, 5.41) is 0. The number of aliphatic imine (C=N–C) groups is 1. The van der Waals surface area contributed by atoms with Crippen LogP contribution in [0.25, 0.3) is 0 Å². The van der Waals surface area contributed by atoms with Crippen LogP contribution in [-0.2, 0) is 14.3 Å². The first kappa shape index (κ1) is 9.59. The van der Waals surface area contributed by atoms with Crippen LogP contribution >= 0.6 is 0 Å². The summed E-state index contributed by atoms with van der Waals surface area (Å²) in [6, 6.07) is 0. The van der Waals surface area contributed by atoms with Crippen LogP contribution in [0.15, 0.2) is 16.8 Å². The summed E-state index contributed by atoms with van der Waals surface area (Å²) in [6.45, 7) is 3.78. The Morgan fingerprint density at radius 2 is 2.36 bits per heavy atom. The molecule has 0 N–H and O–H groups in total. The topological polar surface area (TPSA) is 55.7 Å². The SMILES string of the molecule is CCO/C=C(\C)C(=O)N=C=O. The molecule has 0 aliphatic rings. The van der Waals surface area contributed by atoms with Gasteiger partial charge in [-0.15, -0.1) is 4.99 Å². The van der Waals surface area contributed by atoms with Crippen molar-refractivity contribution in [3.8, 4) is 0 Å². The molecule has 11 heavy (non-hydrogen) atoms. The van der Waals surface area contributed by atoms with Crippen molar-refractivity contribution in [2.45, 2.75) is 13.8 Å². The van der Waals surface area contributed by atoms with E-state index in [9.17, 15) is 9.59 Å². The summed E-state index contributed by atoms with van der Waals surface area (Å²) in [6.07, 6.45) is 2.42. The minimum atomic E-state index is -0.617. The third-order valence-corrected chi connectivity index (χ3v) is 0.911. The largest absolute Gasteiger partial charge is 0.501 e. The molecule has 0 aromatic carbocycles. The van der Waals surface area contributed by atoms with Crippen molar-refractivity contribution in [1.29, 1.82) is 0 Å². The van der Waals surface area contributed by atoms with Crippen LogP contribution in [-0.4, -0.2) is 18.6 Å². The second-order valence-corrected chi connectivity index (χ2v) is 1.76. The van der Waals surface area contributed by atoms with Crippen LogP contribution < -0.4 is 0 Å². The molecule has 0 spiro atoms. The average Bonchev–Trinajstić information content (AvgIpc) is 2.00. The van der Waals surface area contributed by atoms with Crippen LogP contribution in [0.2, 0.25) is 0 Å². The van der Waals surface area contributed by atoms with E-state index in [1.54, 1.807) is 6.92 Å². The minimum absolute atomic E-state index is 0.287. The van der Waals surface area contributed by atoms with Crippen molar-refractivity contribution in [2.75, 3.05) is 6.61 Å². The fourth-order valence-corrected chi connectivity index (χ4v) is 0.388. The number of nitrogens with zero attached hydrogens (tertiary/aromatic N) is 1. The van der Waals surface area contributed by atoms with Gasteiger partial charge in [-0.05, 0) is 13.8 Å². The number of amides is 1. The minimum Gasteiger partial charge on any atom is -0.501 e. The van der Waals surface area contributed by atoms with E-state index in [4.69, 9.17) is 4.74 Å². The van der Waals surface area contributed by atoms with E-state index in [2.05, 4.69) is 4.99 Å². The monoisotopic (exact) mass is 155 g/mol. The molecule has 0 fully saturated rings. The van der Waals surface area contributed by atoms with Crippen LogP contribution in [0.4, 0.5) is 0 Å². The van der Waals surface area contributed by atoms with Gasteiger partial charge in [0.2, 0.25) is 6.08 Å². The first-order valence-corrected chi connectivity index (χ1v) is 3.13. The maximum absolute atomic E-state index is 10.7. The van der Waals surface area contributed by atoms with Crippen LogP contribution in [0.3, 0.4) is 0 Å². The van der Waals surface area contributed by atoms with Gasteiger partial charge in [-0.2, -0.15) is 0 Å². The van der Waals surface area contributed by atoms with E-state index >= 15 is 0 Å². The van der Waals surface area contributed by atoms with E-state index in [1.807, 2.05) is 0 Å². The van der Waals surface area contributed by atoms with Crippen molar-refractivity contribution in [3.05, 3.63) is 11.8 Å². The quantitative estimate of drug-likeness (QED) is 0.262. The summed E-state index contributed by atoms with van der Waals surface area (Å²) in [7, 11) is 0. The molecular formula is C7H9NO3. The molecule has 4 nitrogen and oxygen atoms in total.